The lowest BCUT2D eigenvalue weighted by Gasteiger charge is -2.29. The Bertz CT molecular complexity index is 805. The summed E-state index contributed by atoms with van der Waals surface area (Å²) in [6, 6.07) is 3.29. The van der Waals surface area contributed by atoms with Gasteiger partial charge in [0, 0.05) is 23.6 Å². The van der Waals surface area contributed by atoms with Gasteiger partial charge in [-0.2, -0.15) is 0 Å². The average molecular weight is 418 g/mol. The van der Waals surface area contributed by atoms with Crippen molar-refractivity contribution in [2.24, 2.45) is 0 Å². The molecule has 0 aromatic heterocycles. The molecular formula is C23H32FN3O3. The maximum absolute atomic E-state index is 14.0. The first-order valence-corrected chi connectivity index (χ1v) is 11.1. The summed E-state index contributed by atoms with van der Waals surface area (Å²) in [4.78, 5) is 36.6. The Labute approximate surface area is 177 Å². The van der Waals surface area contributed by atoms with Crippen LogP contribution in [0.15, 0.2) is 12.1 Å². The number of aryl methyl sites for hydroxylation is 1. The molecule has 1 unspecified atom stereocenters. The number of fused-ring (bicyclic) bond motifs is 1. The molecule has 2 N–H and O–H groups in total. The molecule has 1 aliphatic carbocycles. The van der Waals surface area contributed by atoms with Crippen molar-refractivity contribution in [3.63, 3.8) is 0 Å². The van der Waals surface area contributed by atoms with E-state index in [4.69, 9.17) is 0 Å². The summed E-state index contributed by atoms with van der Waals surface area (Å²) in [5, 5.41) is 5.79. The zero-order valence-electron chi connectivity index (χ0n) is 17.9. The molecule has 4 rings (SSSR count). The molecule has 1 saturated carbocycles. The van der Waals surface area contributed by atoms with Crippen LogP contribution < -0.4 is 10.6 Å². The fourth-order valence-corrected chi connectivity index (χ4v) is 4.38. The SMILES string of the molecule is CCCNC1CCCCC1.Cc1ccc2c(c1F)CN(C1CCC(=O)NC1=O)C2=O. The summed E-state index contributed by atoms with van der Waals surface area (Å²) in [5.74, 6) is -1.57. The van der Waals surface area contributed by atoms with E-state index in [1.807, 2.05) is 0 Å². The van der Waals surface area contributed by atoms with Crippen molar-refractivity contribution in [2.75, 3.05) is 6.54 Å². The number of nitrogens with one attached hydrogen (secondary N) is 2. The number of hydrogen-bond acceptors (Lipinski definition) is 4. The number of imide groups is 1. The first kappa shape index (κ1) is 22.4. The Hall–Kier alpha value is -2.28. The van der Waals surface area contributed by atoms with Gasteiger partial charge in [-0.3, -0.25) is 19.7 Å². The van der Waals surface area contributed by atoms with Crippen LogP contribution in [0.4, 0.5) is 4.39 Å². The van der Waals surface area contributed by atoms with Gasteiger partial charge in [-0.15, -0.1) is 0 Å². The Kier molecular flexibility index (Phi) is 7.58. The number of carbonyl (C=O) groups excluding carboxylic acids is 3. The van der Waals surface area contributed by atoms with Crippen molar-refractivity contribution < 1.29 is 18.8 Å². The van der Waals surface area contributed by atoms with Gasteiger partial charge in [0.15, 0.2) is 0 Å². The van der Waals surface area contributed by atoms with Crippen LogP contribution in [0.1, 0.15) is 79.8 Å². The number of rotatable bonds is 4. The predicted octanol–water partition coefficient (Wildman–Crippen LogP) is 3.21. The largest absolute Gasteiger partial charge is 0.322 e. The fraction of sp³-hybridized carbons (Fsp3) is 0.609. The fourth-order valence-electron chi connectivity index (χ4n) is 4.38. The molecule has 1 saturated heterocycles. The average Bonchev–Trinajstić information content (AvgIpc) is 3.07. The molecule has 1 aromatic carbocycles. The normalized spacial score (nSPS) is 21.8. The molecule has 3 aliphatic rings. The molecule has 0 radical (unpaired) electrons. The molecule has 7 heteroatoms. The van der Waals surface area contributed by atoms with Crippen LogP contribution in [-0.2, 0) is 16.1 Å². The van der Waals surface area contributed by atoms with E-state index in [-0.39, 0.29) is 31.2 Å². The van der Waals surface area contributed by atoms with Crippen molar-refractivity contribution >= 4 is 17.7 Å². The summed E-state index contributed by atoms with van der Waals surface area (Å²) in [6.07, 6.45) is 8.94. The van der Waals surface area contributed by atoms with Gasteiger partial charge in [-0.05, 0) is 50.8 Å². The molecule has 164 valence electrons. The minimum absolute atomic E-state index is 0.0773. The van der Waals surface area contributed by atoms with Crippen LogP contribution in [0.2, 0.25) is 0 Å². The van der Waals surface area contributed by atoms with E-state index in [0.717, 1.165) is 6.04 Å². The number of halogens is 1. The number of piperidine rings is 1. The van der Waals surface area contributed by atoms with Gasteiger partial charge in [-0.25, -0.2) is 4.39 Å². The molecule has 6 nitrogen and oxygen atoms in total. The van der Waals surface area contributed by atoms with Crippen molar-refractivity contribution in [1.29, 1.82) is 0 Å². The summed E-state index contributed by atoms with van der Waals surface area (Å²) in [6.45, 7) is 5.16. The highest BCUT2D eigenvalue weighted by atomic mass is 19.1. The van der Waals surface area contributed by atoms with Gasteiger partial charge in [0.05, 0.1) is 6.54 Å². The van der Waals surface area contributed by atoms with Crippen LogP contribution in [0.25, 0.3) is 0 Å². The molecule has 2 fully saturated rings. The maximum Gasteiger partial charge on any atom is 0.255 e. The minimum atomic E-state index is -0.702. The standard InChI is InChI=1S/C14H13FN2O3.C9H19N/c1-7-2-3-8-9(12(7)15)6-17(14(8)20)10-4-5-11(18)16-13(10)19;1-2-8-10-9-6-4-3-5-7-9/h2-3,10H,4-6H2,1H3,(H,16,18,19);9-10H,2-8H2,1H3. The first-order chi connectivity index (χ1) is 14.4. The van der Waals surface area contributed by atoms with Gasteiger partial charge in [0.2, 0.25) is 11.8 Å². The predicted molar refractivity (Wildman–Crippen MR) is 112 cm³/mol. The second-order valence-corrected chi connectivity index (χ2v) is 8.41. The molecule has 2 aliphatic heterocycles. The lowest BCUT2D eigenvalue weighted by atomic mass is 9.95. The molecule has 0 spiro atoms. The lowest BCUT2D eigenvalue weighted by Crippen LogP contribution is -2.52. The van der Waals surface area contributed by atoms with Crippen molar-refractivity contribution in [3.8, 4) is 0 Å². The molecule has 2 heterocycles. The third-order valence-corrected chi connectivity index (χ3v) is 6.13. The Morgan fingerprint density at radius 1 is 1.13 bits per heavy atom. The third kappa shape index (κ3) is 5.06. The topological polar surface area (TPSA) is 78.5 Å². The van der Waals surface area contributed by atoms with Crippen LogP contribution in [0.3, 0.4) is 0 Å². The zero-order chi connectivity index (χ0) is 21.7. The summed E-state index contributed by atoms with van der Waals surface area (Å²) in [7, 11) is 0. The van der Waals surface area contributed by atoms with E-state index in [2.05, 4.69) is 17.6 Å². The smallest absolute Gasteiger partial charge is 0.255 e. The highest BCUT2D eigenvalue weighted by Crippen LogP contribution is 2.30. The van der Waals surface area contributed by atoms with Gasteiger partial charge in [0.1, 0.15) is 11.9 Å². The van der Waals surface area contributed by atoms with Crippen molar-refractivity contribution in [2.45, 2.75) is 83.8 Å². The Morgan fingerprint density at radius 3 is 2.53 bits per heavy atom. The first-order valence-electron chi connectivity index (χ1n) is 11.1. The van der Waals surface area contributed by atoms with Crippen LogP contribution in [0, 0.1) is 12.7 Å². The van der Waals surface area contributed by atoms with E-state index < -0.39 is 17.8 Å². The van der Waals surface area contributed by atoms with E-state index in [1.54, 1.807) is 19.1 Å². The summed E-state index contributed by atoms with van der Waals surface area (Å²) >= 11 is 0. The number of amides is 3. The second-order valence-electron chi connectivity index (χ2n) is 8.41. The zero-order valence-corrected chi connectivity index (χ0v) is 17.9. The number of nitrogens with zero attached hydrogens (tertiary/aromatic N) is 1. The van der Waals surface area contributed by atoms with Gasteiger partial charge in [0.25, 0.3) is 5.91 Å². The number of carbonyl (C=O) groups is 3. The highest BCUT2D eigenvalue weighted by Gasteiger charge is 2.40. The summed E-state index contributed by atoms with van der Waals surface area (Å²) in [5.41, 5.74) is 1.11. The lowest BCUT2D eigenvalue weighted by molar-refractivity contribution is -0.136. The molecule has 0 bridgehead atoms. The molecule has 3 amide bonds. The maximum atomic E-state index is 14.0. The van der Waals surface area contributed by atoms with Crippen molar-refractivity contribution in [1.82, 2.24) is 15.5 Å². The number of hydrogen-bond donors (Lipinski definition) is 2. The Balaban J connectivity index is 0.000000216. The third-order valence-electron chi connectivity index (χ3n) is 6.13. The highest BCUT2D eigenvalue weighted by molar-refractivity contribution is 6.05. The van der Waals surface area contributed by atoms with Crippen LogP contribution >= 0.6 is 0 Å². The van der Waals surface area contributed by atoms with Crippen molar-refractivity contribution in [3.05, 3.63) is 34.6 Å². The second kappa shape index (κ2) is 10.2. The molecule has 1 atom stereocenters. The van der Waals surface area contributed by atoms with Gasteiger partial charge in [-0.1, -0.05) is 32.3 Å². The van der Waals surface area contributed by atoms with E-state index in [1.165, 1.54) is 50.0 Å². The summed E-state index contributed by atoms with van der Waals surface area (Å²) < 4.78 is 14.0. The van der Waals surface area contributed by atoms with Crippen LogP contribution in [0.5, 0.6) is 0 Å². The molecule has 1 aromatic rings. The van der Waals surface area contributed by atoms with E-state index >= 15 is 0 Å². The van der Waals surface area contributed by atoms with Gasteiger partial charge < -0.3 is 10.2 Å². The van der Waals surface area contributed by atoms with Crippen LogP contribution in [-0.4, -0.2) is 41.2 Å². The molecular weight excluding hydrogens is 385 g/mol. The Morgan fingerprint density at radius 2 is 1.87 bits per heavy atom. The number of benzene rings is 1. The molecule has 30 heavy (non-hydrogen) atoms. The quantitative estimate of drug-likeness (QED) is 0.738. The minimum Gasteiger partial charge on any atom is -0.322 e. The van der Waals surface area contributed by atoms with E-state index in [0.29, 0.717) is 16.7 Å². The monoisotopic (exact) mass is 417 g/mol. The van der Waals surface area contributed by atoms with E-state index in [9.17, 15) is 18.8 Å². The van der Waals surface area contributed by atoms with Gasteiger partial charge >= 0.3 is 0 Å².